The van der Waals surface area contributed by atoms with Gasteiger partial charge < -0.3 is 14.5 Å². The van der Waals surface area contributed by atoms with Crippen molar-refractivity contribution >= 4 is 11.6 Å². The summed E-state index contributed by atoms with van der Waals surface area (Å²) in [6, 6.07) is 18.6. The Morgan fingerprint density at radius 3 is 2.37 bits per heavy atom. The third-order valence-corrected chi connectivity index (χ3v) is 6.35. The third kappa shape index (κ3) is 5.14. The van der Waals surface area contributed by atoms with Crippen LogP contribution in [0.25, 0.3) is 0 Å². The second kappa shape index (κ2) is 9.98. The molecular formula is C25H33N3O2. The molecule has 0 N–H and O–H groups in total. The van der Waals surface area contributed by atoms with Gasteiger partial charge in [0.1, 0.15) is 12.4 Å². The summed E-state index contributed by atoms with van der Waals surface area (Å²) in [5.74, 6) is 1.21. The standard InChI is InChI=1S/C25H33N3O2/c1-26-15-7-3-6-10-24(26)25(29)28-18-16-27(17-19-28)22-11-13-23(14-12-22)30-20-21-8-4-2-5-9-21/h2,4-5,8-9,11-14,24H,3,6-7,10,15-20H2,1H3. The van der Waals surface area contributed by atoms with Crippen molar-refractivity contribution in [1.29, 1.82) is 0 Å². The Balaban J connectivity index is 1.28. The second-order valence-corrected chi connectivity index (χ2v) is 8.43. The van der Waals surface area contributed by atoms with Crippen LogP contribution in [0.5, 0.6) is 5.75 Å². The average Bonchev–Trinajstić information content (AvgIpc) is 3.02. The molecule has 5 nitrogen and oxygen atoms in total. The fraction of sp³-hybridized carbons (Fsp3) is 0.480. The predicted molar refractivity (Wildman–Crippen MR) is 121 cm³/mol. The molecule has 2 heterocycles. The first-order chi connectivity index (χ1) is 14.7. The number of rotatable bonds is 5. The molecule has 0 saturated carbocycles. The van der Waals surface area contributed by atoms with Gasteiger partial charge in [-0.2, -0.15) is 0 Å². The van der Waals surface area contributed by atoms with Crippen molar-refractivity contribution < 1.29 is 9.53 Å². The zero-order valence-electron chi connectivity index (χ0n) is 18.0. The topological polar surface area (TPSA) is 36.0 Å². The first-order valence-corrected chi connectivity index (χ1v) is 11.2. The van der Waals surface area contributed by atoms with Crippen LogP contribution in [0.15, 0.2) is 54.6 Å². The Labute approximate surface area is 180 Å². The van der Waals surface area contributed by atoms with Crippen LogP contribution in [0.4, 0.5) is 5.69 Å². The van der Waals surface area contributed by atoms with Crippen molar-refractivity contribution in [3.63, 3.8) is 0 Å². The molecule has 2 fully saturated rings. The monoisotopic (exact) mass is 407 g/mol. The van der Waals surface area contributed by atoms with Gasteiger partial charge in [0.25, 0.3) is 0 Å². The molecule has 0 radical (unpaired) electrons. The van der Waals surface area contributed by atoms with E-state index in [9.17, 15) is 4.79 Å². The summed E-state index contributed by atoms with van der Waals surface area (Å²) in [6.45, 7) is 4.98. The Morgan fingerprint density at radius 2 is 1.63 bits per heavy atom. The van der Waals surface area contributed by atoms with Gasteiger partial charge in [-0.05, 0) is 56.3 Å². The van der Waals surface area contributed by atoms with E-state index in [1.807, 2.05) is 30.3 Å². The quantitative estimate of drug-likeness (QED) is 0.756. The molecule has 2 aromatic carbocycles. The summed E-state index contributed by atoms with van der Waals surface area (Å²) < 4.78 is 5.89. The lowest BCUT2D eigenvalue weighted by Crippen LogP contribution is -2.54. The maximum Gasteiger partial charge on any atom is 0.240 e. The summed E-state index contributed by atoms with van der Waals surface area (Å²) in [4.78, 5) is 19.7. The largest absolute Gasteiger partial charge is 0.489 e. The van der Waals surface area contributed by atoms with Gasteiger partial charge in [0.05, 0.1) is 6.04 Å². The van der Waals surface area contributed by atoms with Crippen molar-refractivity contribution in [2.75, 3.05) is 44.7 Å². The van der Waals surface area contributed by atoms with Crippen LogP contribution in [-0.4, -0.2) is 61.5 Å². The van der Waals surface area contributed by atoms with E-state index in [1.165, 1.54) is 30.5 Å². The molecule has 0 bridgehead atoms. The van der Waals surface area contributed by atoms with Crippen LogP contribution in [0.3, 0.4) is 0 Å². The molecule has 30 heavy (non-hydrogen) atoms. The number of nitrogens with zero attached hydrogens (tertiary/aromatic N) is 3. The fourth-order valence-corrected chi connectivity index (χ4v) is 4.45. The molecule has 2 aliphatic rings. The van der Waals surface area contributed by atoms with Crippen molar-refractivity contribution in [3.8, 4) is 5.75 Å². The normalized spacial score (nSPS) is 20.6. The molecule has 0 spiro atoms. The number of anilines is 1. The smallest absolute Gasteiger partial charge is 0.240 e. The number of ether oxygens (including phenoxy) is 1. The molecule has 1 amide bonds. The van der Waals surface area contributed by atoms with E-state index in [0.717, 1.165) is 44.9 Å². The minimum absolute atomic E-state index is 0.0695. The first kappa shape index (κ1) is 20.7. The van der Waals surface area contributed by atoms with Gasteiger partial charge in [0, 0.05) is 31.9 Å². The van der Waals surface area contributed by atoms with E-state index in [4.69, 9.17) is 4.74 Å². The molecular weight excluding hydrogens is 374 g/mol. The van der Waals surface area contributed by atoms with Crippen LogP contribution < -0.4 is 9.64 Å². The third-order valence-electron chi connectivity index (χ3n) is 6.35. The lowest BCUT2D eigenvalue weighted by atomic mass is 10.1. The summed E-state index contributed by atoms with van der Waals surface area (Å²) in [7, 11) is 2.10. The van der Waals surface area contributed by atoms with E-state index in [0.29, 0.717) is 12.5 Å². The Hall–Kier alpha value is -2.53. The second-order valence-electron chi connectivity index (χ2n) is 8.43. The molecule has 0 aromatic heterocycles. The molecule has 5 heteroatoms. The van der Waals surface area contributed by atoms with Crippen molar-refractivity contribution in [2.24, 2.45) is 0 Å². The van der Waals surface area contributed by atoms with Crippen molar-refractivity contribution in [2.45, 2.75) is 38.3 Å². The van der Waals surface area contributed by atoms with Gasteiger partial charge in [0.2, 0.25) is 5.91 Å². The van der Waals surface area contributed by atoms with Crippen LogP contribution >= 0.6 is 0 Å². The number of amides is 1. The first-order valence-electron chi connectivity index (χ1n) is 11.2. The number of carbonyl (C=O) groups excluding carboxylic acids is 1. The number of hydrogen-bond acceptors (Lipinski definition) is 4. The van der Waals surface area contributed by atoms with Crippen LogP contribution in [0, 0.1) is 0 Å². The maximum absolute atomic E-state index is 13.0. The summed E-state index contributed by atoms with van der Waals surface area (Å²) >= 11 is 0. The Bertz CT molecular complexity index is 801. The van der Waals surface area contributed by atoms with Gasteiger partial charge in [-0.25, -0.2) is 0 Å². The minimum atomic E-state index is 0.0695. The lowest BCUT2D eigenvalue weighted by molar-refractivity contribution is -0.136. The van der Waals surface area contributed by atoms with Gasteiger partial charge >= 0.3 is 0 Å². The average molecular weight is 408 g/mol. The van der Waals surface area contributed by atoms with Gasteiger partial charge in [-0.15, -0.1) is 0 Å². The summed E-state index contributed by atoms with van der Waals surface area (Å²) in [5, 5.41) is 0. The summed E-state index contributed by atoms with van der Waals surface area (Å²) in [6.07, 6.45) is 4.62. The van der Waals surface area contributed by atoms with E-state index in [2.05, 4.69) is 46.0 Å². The molecule has 4 rings (SSSR count). The van der Waals surface area contributed by atoms with Crippen LogP contribution in [0.2, 0.25) is 0 Å². The van der Waals surface area contributed by atoms with E-state index in [1.54, 1.807) is 0 Å². The van der Waals surface area contributed by atoms with Gasteiger partial charge in [-0.1, -0.05) is 43.2 Å². The molecule has 1 unspecified atom stereocenters. The van der Waals surface area contributed by atoms with Crippen molar-refractivity contribution in [1.82, 2.24) is 9.80 Å². The zero-order valence-corrected chi connectivity index (χ0v) is 18.0. The Kier molecular flexibility index (Phi) is 6.90. The van der Waals surface area contributed by atoms with E-state index < -0.39 is 0 Å². The molecule has 2 aromatic rings. The van der Waals surface area contributed by atoms with E-state index >= 15 is 0 Å². The van der Waals surface area contributed by atoms with Gasteiger partial charge in [-0.3, -0.25) is 9.69 Å². The SMILES string of the molecule is CN1CCCCCC1C(=O)N1CCN(c2ccc(OCc3ccccc3)cc2)CC1. The van der Waals surface area contributed by atoms with Crippen molar-refractivity contribution in [3.05, 3.63) is 60.2 Å². The molecule has 160 valence electrons. The number of piperazine rings is 1. The maximum atomic E-state index is 13.0. The minimum Gasteiger partial charge on any atom is -0.489 e. The number of carbonyl (C=O) groups is 1. The number of likely N-dealkylation sites (N-methyl/N-ethyl adjacent to an activating group) is 1. The highest BCUT2D eigenvalue weighted by molar-refractivity contribution is 5.82. The molecule has 2 aliphatic heterocycles. The highest BCUT2D eigenvalue weighted by Gasteiger charge is 2.30. The number of hydrogen-bond donors (Lipinski definition) is 0. The lowest BCUT2D eigenvalue weighted by Gasteiger charge is -2.39. The fourth-order valence-electron chi connectivity index (χ4n) is 4.45. The number of benzene rings is 2. The predicted octanol–water partition coefficient (Wildman–Crippen LogP) is 3.79. The number of likely N-dealkylation sites (tertiary alicyclic amines) is 1. The molecule has 0 aliphatic carbocycles. The Morgan fingerprint density at radius 1 is 0.900 bits per heavy atom. The van der Waals surface area contributed by atoms with Crippen LogP contribution in [0.1, 0.15) is 31.2 Å². The highest BCUT2D eigenvalue weighted by atomic mass is 16.5. The highest BCUT2D eigenvalue weighted by Crippen LogP contribution is 2.23. The summed E-state index contributed by atoms with van der Waals surface area (Å²) in [5.41, 5.74) is 2.36. The van der Waals surface area contributed by atoms with Crippen LogP contribution in [-0.2, 0) is 11.4 Å². The van der Waals surface area contributed by atoms with Gasteiger partial charge in [0.15, 0.2) is 0 Å². The molecule has 2 saturated heterocycles. The zero-order chi connectivity index (χ0) is 20.8. The van der Waals surface area contributed by atoms with E-state index in [-0.39, 0.29) is 6.04 Å². The molecule has 1 atom stereocenters.